The molecular formula is C19H17Cl2N5O2. The van der Waals surface area contributed by atoms with Gasteiger partial charge in [-0.05, 0) is 43.3 Å². The molecule has 0 spiro atoms. The van der Waals surface area contributed by atoms with E-state index in [2.05, 4.69) is 20.6 Å². The molecule has 1 aromatic heterocycles. The van der Waals surface area contributed by atoms with Crippen LogP contribution in [0.2, 0.25) is 10.0 Å². The second-order valence-electron chi connectivity index (χ2n) is 5.66. The first-order valence-corrected chi connectivity index (χ1v) is 9.10. The molecule has 4 N–H and O–H groups in total. The quantitative estimate of drug-likeness (QED) is 0.483. The van der Waals surface area contributed by atoms with Gasteiger partial charge in [-0.1, -0.05) is 29.3 Å². The van der Waals surface area contributed by atoms with Crippen LogP contribution in [0.1, 0.15) is 17.3 Å². The first kappa shape index (κ1) is 19.7. The minimum atomic E-state index is -0.399. The minimum absolute atomic E-state index is 0.301. The van der Waals surface area contributed by atoms with Gasteiger partial charge in [0.15, 0.2) is 11.6 Å². The maximum Gasteiger partial charge on any atom is 0.338 e. The summed E-state index contributed by atoms with van der Waals surface area (Å²) in [5, 5.41) is 7.03. The van der Waals surface area contributed by atoms with Crippen LogP contribution >= 0.6 is 23.2 Å². The number of nitrogens with zero attached hydrogens (tertiary/aromatic N) is 2. The summed E-state index contributed by atoms with van der Waals surface area (Å²) < 4.78 is 5.01. The molecule has 0 aliphatic rings. The van der Waals surface area contributed by atoms with Crippen LogP contribution in [0.5, 0.6) is 0 Å². The van der Waals surface area contributed by atoms with E-state index in [-0.39, 0.29) is 0 Å². The molecule has 0 aliphatic carbocycles. The fraction of sp³-hybridized carbons (Fsp3) is 0.105. The van der Waals surface area contributed by atoms with E-state index in [9.17, 15) is 4.79 Å². The predicted octanol–water partition coefficient (Wildman–Crippen LogP) is 5.03. The second-order valence-corrected chi connectivity index (χ2v) is 6.48. The van der Waals surface area contributed by atoms with Crippen molar-refractivity contribution < 1.29 is 9.53 Å². The van der Waals surface area contributed by atoms with Gasteiger partial charge in [-0.2, -0.15) is 0 Å². The summed E-state index contributed by atoms with van der Waals surface area (Å²) in [6.45, 7) is 2.06. The Morgan fingerprint density at radius 3 is 2.36 bits per heavy atom. The summed E-state index contributed by atoms with van der Waals surface area (Å²) in [5.41, 5.74) is 8.23. The van der Waals surface area contributed by atoms with Crippen LogP contribution in [0, 0.1) is 0 Å². The molecule has 1 heterocycles. The fourth-order valence-electron chi connectivity index (χ4n) is 2.38. The number of hydrogen-bond acceptors (Lipinski definition) is 7. The number of nitrogens with one attached hydrogen (secondary N) is 2. The topological polar surface area (TPSA) is 102 Å². The highest BCUT2D eigenvalue weighted by molar-refractivity contribution is 6.42. The Kier molecular flexibility index (Phi) is 6.18. The first-order chi connectivity index (χ1) is 13.5. The zero-order valence-corrected chi connectivity index (χ0v) is 16.4. The van der Waals surface area contributed by atoms with Gasteiger partial charge in [0.1, 0.15) is 12.0 Å². The molecule has 0 bridgehead atoms. The summed E-state index contributed by atoms with van der Waals surface area (Å²) in [6, 6.07) is 11.9. The van der Waals surface area contributed by atoms with E-state index in [1.807, 2.05) is 0 Å². The SMILES string of the molecule is CCOC(=O)c1cccc(Nc2ncnc(Nc3ccc(Cl)c(Cl)c3)c2N)c1. The van der Waals surface area contributed by atoms with Crippen molar-refractivity contribution in [1.29, 1.82) is 0 Å². The largest absolute Gasteiger partial charge is 0.462 e. The van der Waals surface area contributed by atoms with Crippen LogP contribution in [0.3, 0.4) is 0 Å². The van der Waals surface area contributed by atoms with Crippen LogP contribution in [0.15, 0.2) is 48.8 Å². The lowest BCUT2D eigenvalue weighted by Crippen LogP contribution is -2.07. The van der Waals surface area contributed by atoms with Crippen molar-refractivity contribution in [3.63, 3.8) is 0 Å². The lowest BCUT2D eigenvalue weighted by Gasteiger charge is -2.13. The molecule has 28 heavy (non-hydrogen) atoms. The summed E-state index contributed by atoms with van der Waals surface area (Å²) in [5.74, 6) is 0.389. The van der Waals surface area contributed by atoms with E-state index in [0.29, 0.717) is 50.9 Å². The average Bonchev–Trinajstić information content (AvgIpc) is 2.68. The van der Waals surface area contributed by atoms with Gasteiger partial charge in [-0.3, -0.25) is 0 Å². The Balaban J connectivity index is 1.82. The Bertz CT molecular complexity index is 1010. The van der Waals surface area contributed by atoms with Crippen molar-refractivity contribution >= 4 is 57.9 Å². The molecule has 144 valence electrons. The number of esters is 1. The normalized spacial score (nSPS) is 10.4. The summed E-state index contributed by atoms with van der Waals surface area (Å²) in [6.07, 6.45) is 1.37. The average molecular weight is 418 g/mol. The van der Waals surface area contributed by atoms with E-state index >= 15 is 0 Å². The second kappa shape index (κ2) is 8.77. The molecule has 9 heteroatoms. The van der Waals surface area contributed by atoms with Gasteiger partial charge in [-0.25, -0.2) is 14.8 Å². The molecule has 0 radical (unpaired) electrons. The zero-order chi connectivity index (χ0) is 20.1. The third-order valence-corrected chi connectivity index (χ3v) is 4.44. The van der Waals surface area contributed by atoms with E-state index in [4.69, 9.17) is 33.7 Å². The lowest BCUT2D eigenvalue weighted by atomic mass is 10.2. The highest BCUT2D eigenvalue weighted by atomic mass is 35.5. The lowest BCUT2D eigenvalue weighted by molar-refractivity contribution is 0.0526. The van der Waals surface area contributed by atoms with Crippen LogP contribution in [-0.4, -0.2) is 22.5 Å². The van der Waals surface area contributed by atoms with Gasteiger partial charge in [0.05, 0.1) is 22.2 Å². The van der Waals surface area contributed by atoms with Gasteiger partial charge < -0.3 is 21.1 Å². The van der Waals surface area contributed by atoms with Crippen molar-refractivity contribution in [3.8, 4) is 0 Å². The van der Waals surface area contributed by atoms with Gasteiger partial charge in [-0.15, -0.1) is 0 Å². The number of aromatic nitrogens is 2. The molecule has 0 fully saturated rings. The number of nitrogens with two attached hydrogens (primary N) is 1. The van der Waals surface area contributed by atoms with Gasteiger partial charge >= 0.3 is 5.97 Å². The number of halogens is 2. The Morgan fingerprint density at radius 1 is 1.04 bits per heavy atom. The predicted molar refractivity (Wildman–Crippen MR) is 112 cm³/mol. The van der Waals surface area contributed by atoms with Crippen molar-refractivity contribution in [2.75, 3.05) is 23.0 Å². The molecule has 0 saturated carbocycles. The zero-order valence-electron chi connectivity index (χ0n) is 14.9. The molecule has 3 aromatic rings. The number of nitrogen functional groups attached to an aromatic ring is 1. The number of rotatable bonds is 6. The monoisotopic (exact) mass is 417 g/mol. The third kappa shape index (κ3) is 4.62. The van der Waals surface area contributed by atoms with Crippen molar-refractivity contribution in [2.45, 2.75) is 6.92 Å². The molecule has 0 unspecified atom stereocenters. The molecule has 0 atom stereocenters. The number of ether oxygens (including phenoxy) is 1. The molecular weight excluding hydrogens is 401 g/mol. The van der Waals surface area contributed by atoms with E-state index in [1.165, 1.54) is 6.33 Å². The van der Waals surface area contributed by atoms with Crippen molar-refractivity contribution in [1.82, 2.24) is 9.97 Å². The van der Waals surface area contributed by atoms with Crippen LogP contribution in [-0.2, 0) is 4.74 Å². The molecule has 2 aromatic carbocycles. The minimum Gasteiger partial charge on any atom is -0.462 e. The number of anilines is 5. The van der Waals surface area contributed by atoms with E-state index in [1.54, 1.807) is 49.4 Å². The van der Waals surface area contributed by atoms with E-state index in [0.717, 1.165) is 0 Å². The van der Waals surface area contributed by atoms with E-state index < -0.39 is 5.97 Å². The van der Waals surface area contributed by atoms with Crippen LogP contribution in [0.4, 0.5) is 28.7 Å². The molecule has 0 aliphatic heterocycles. The van der Waals surface area contributed by atoms with Gasteiger partial charge in [0.25, 0.3) is 0 Å². The number of benzene rings is 2. The number of carbonyl (C=O) groups is 1. The van der Waals surface area contributed by atoms with Crippen molar-refractivity contribution in [2.24, 2.45) is 0 Å². The Hall–Kier alpha value is -3.03. The number of hydrogen-bond donors (Lipinski definition) is 3. The van der Waals surface area contributed by atoms with Crippen LogP contribution in [0.25, 0.3) is 0 Å². The molecule has 0 amide bonds. The smallest absolute Gasteiger partial charge is 0.338 e. The molecule has 3 rings (SSSR count). The Labute approximate surface area is 171 Å². The molecule has 0 saturated heterocycles. The third-order valence-electron chi connectivity index (χ3n) is 3.70. The maximum absolute atomic E-state index is 11.9. The Morgan fingerprint density at radius 2 is 1.71 bits per heavy atom. The maximum atomic E-state index is 11.9. The highest BCUT2D eigenvalue weighted by Crippen LogP contribution is 2.31. The summed E-state index contributed by atoms with van der Waals surface area (Å²) in [7, 11) is 0. The first-order valence-electron chi connectivity index (χ1n) is 8.34. The van der Waals surface area contributed by atoms with Gasteiger partial charge in [0, 0.05) is 11.4 Å². The standard InChI is InChI=1S/C19H17Cl2N5O2/c1-2-28-19(27)11-4-3-5-12(8-11)25-17-16(22)18(24-10-23-17)26-13-6-7-14(20)15(21)9-13/h3-10H,2,22H2,1H3,(H2,23,24,25,26). The summed E-state index contributed by atoms with van der Waals surface area (Å²) >= 11 is 12.0. The van der Waals surface area contributed by atoms with Gasteiger partial charge in [0.2, 0.25) is 0 Å². The number of carbonyl (C=O) groups excluding carboxylic acids is 1. The summed E-state index contributed by atoms with van der Waals surface area (Å²) in [4.78, 5) is 20.2. The van der Waals surface area contributed by atoms with Crippen molar-refractivity contribution in [3.05, 3.63) is 64.4 Å². The fourth-order valence-corrected chi connectivity index (χ4v) is 2.68. The highest BCUT2D eigenvalue weighted by Gasteiger charge is 2.11. The molecule has 7 nitrogen and oxygen atoms in total. The van der Waals surface area contributed by atoms with Crippen LogP contribution < -0.4 is 16.4 Å².